The Hall–Kier alpha value is -4.07. The van der Waals surface area contributed by atoms with E-state index in [0.717, 1.165) is 22.5 Å². The number of anilines is 1. The molecule has 0 atom stereocenters. The van der Waals surface area contributed by atoms with Gasteiger partial charge in [-0.15, -0.1) is 10.2 Å². The molecule has 0 saturated heterocycles. The van der Waals surface area contributed by atoms with Crippen LogP contribution in [0.2, 0.25) is 0 Å². The molecular weight excluding hydrogens is 366 g/mol. The van der Waals surface area contributed by atoms with Gasteiger partial charge < -0.3 is 0 Å². The van der Waals surface area contributed by atoms with E-state index < -0.39 is 0 Å². The first-order valence-electron chi connectivity index (χ1n) is 9.05. The van der Waals surface area contributed by atoms with Crippen LogP contribution in [0.4, 0.5) is 5.95 Å². The molecule has 0 aliphatic heterocycles. The number of benzene rings is 2. The summed E-state index contributed by atoms with van der Waals surface area (Å²) in [5.74, 6) is 0.171. The van der Waals surface area contributed by atoms with Crippen LogP contribution in [-0.2, 0) is 0 Å². The van der Waals surface area contributed by atoms with Crippen molar-refractivity contribution in [1.29, 1.82) is 0 Å². The van der Waals surface area contributed by atoms with Crippen LogP contribution in [0.15, 0.2) is 70.7 Å². The van der Waals surface area contributed by atoms with Gasteiger partial charge >= 0.3 is 0 Å². The Morgan fingerprint density at radius 3 is 2.52 bits per heavy atom. The van der Waals surface area contributed by atoms with Gasteiger partial charge in [0.05, 0.1) is 11.9 Å². The fourth-order valence-corrected chi connectivity index (χ4v) is 2.74. The number of hydrogen-bond donors (Lipinski definition) is 2. The number of rotatable bonds is 5. The Kier molecular flexibility index (Phi) is 4.98. The minimum atomic E-state index is -0.310. The van der Waals surface area contributed by atoms with Crippen molar-refractivity contribution in [2.24, 2.45) is 5.10 Å². The van der Waals surface area contributed by atoms with E-state index in [0.29, 0.717) is 5.69 Å². The van der Waals surface area contributed by atoms with Crippen molar-refractivity contribution >= 4 is 12.2 Å². The highest BCUT2D eigenvalue weighted by molar-refractivity contribution is 5.89. The number of aryl methyl sites for hydroxylation is 2. The lowest BCUT2D eigenvalue weighted by atomic mass is 10.1. The van der Waals surface area contributed by atoms with E-state index >= 15 is 0 Å². The zero-order chi connectivity index (χ0) is 20.2. The third-order valence-electron chi connectivity index (χ3n) is 4.32. The maximum atomic E-state index is 11.6. The fourth-order valence-electron chi connectivity index (χ4n) is 2.74. The third kappa shape index (κ3) is 4.11. The van der Waals surface area contributed by atoms with Gasteiger partial charge in [-0.3, -0.25) is 9.78 Å². The number of para-hydroxylation sites is 1. The smallest absolute Gasteiger partial charge is 0.274 e. The van der Waals surface area contributed by atoms with Crippen molar-refractivity contribution in [2.75, 3.05) is 5.43 Å². The Morgan fingerprint density at radius 2 is 1.79 bits per heavy atom. The number of nitrogens with zero attached hydrogens (tertiary/aromatic N) is 5. The molecule has 0 radical (unpaired) electrons. The highest BCUT2D eigenvalue weighted by atomic mass is 16.1. The van der Waals surface area contributed by atoms with E-state index in [1.165, 1.54) is 5.56 Å². The van der Waals surface area contributed by atoms with Crippen LogP contribution in [-0.4, -0.2) is 31.2 Å². The standard InChI is InChI=1S/C21H19N7O/c1-14-8-10-16(11-9-14)19-17(13-28(27-19)18-6-4-3-5-7-18)12-22-25-21-23-20(29)15(2)24-26-21/h3-13H,1-2H3,(H2,23,25,26,29)/b22-12-. The third-order valence-corrected chi connectivity index (χ3v) is 4.32. The zero-order valence-electron chi connectivity index (χ0n) is 16.0. The summed E-state index contributed by atoms with van der Waals surface area (Å²) in [5, 5.41) is 16.6. The molecule has 0 aliphatic carbocycles. The van der Waals surface area contributed by atoms with Crippen LogP contribution in [0, 0.1) is 13.8 Å². The van der Waals surface area contributed by atoms with Gasteiger partial charge in [-0.05, 0) is 26.0 Å². The van der Waals surface area contributed by atoms with E-state index in [4.69, 9.17) is 5.10 Å². The lowest BCUT2D eigenvalue weighted by Gasteiger charge is -2.01. The molecule has 8 heteroatoms. The first-order chi connectivity index (χ1) is 14.1. The number of H-pyrrole nitrogens is 1. The average Bonchev–Trinajstić information content (AvgIpc) is 3.16. The summed E-state index contributed by atoms with van der Waals surface area (Å²) in [7, 11) is 0. The number of nitrogens with one attached hydrogen (secondary N) is 2. The molecule has 29 heavy (non-hydrogen) atoms. The maximum Gasteiger partial charge on any atom is 0.274 e. The summed E-state index contributed by atoms with van der Waals surface area (Å²) in [5.41, 5.74) is 7.40. The van der Waals surface area contributed by atoms with Gasteiger partial charge in [0, 0.05) is 17.3 Å². The zero-order valence-corrected chi connectivity index (χ0v) is 16.0. The maximum absolute atomic E-state index is 11.6. The number of aromatic amines is 1. The van der Waals surface area contributed by atoms with Crippen LogP contribution in [0.1, 0.15) is 16.8 Å². The van der Waals surface area contributed by atoms with Crippen molar-refractivity contribution in [2.45, 2.75) is 13.8 Å². The van der Waals surface area contributed by atoms with E-state index in [2.05, 4.69) is 25.7 Å². The van der Waals surface area contributed by atoms with E-state index in [1.54, 1.807) is 13.1 Å². The number of hydrazone groups is 1. The van der Waals surface area contributed by atoms with E-state index in [-0.39, 0.29) is 11.5 Å². The average molecular weight is 385 g/mol. The normalized spacial score (nSPS) is 11.1. The molecule has 0 amide bonds. The Balaban J connectivity index is 1.68. The van der Waals surface area contributed by atoms with Crippen molar-refractivity contribution < 1.29 is 0 Å². The summed E-state index contributed by atoms with van der Waals surface area (Å²) in [4.78, 5) is 14.2. The molecule has 0 spiro atoms. The first-order valence-corrected chi connectivity index (χ1v) is 9.05. The van der Waals surface area contributed by atoms with Gasteiger partial charge in [0.25, 0.3) is 5.56 Å². The molecule has 4 aromatic rings. The van der Waals surface area contributed by atoms with E-state index in [1.807, 2.05) is 72.4 Å². The summed E-state index contributed by atoms with van der Waals surface area (Å²) in [6.07, 6.45) is 3.54. The van der Waals surface area contributed by atoms with Crippen LogP contribution in [0.25, 0.3) is 16.9 Å². The van der Waals surface area contributed by atoms with Gasteiger partial charge in [-0.25, -0.2) is 10.1 Å². The van der Waals surface area contributed by atoms with Crippen molar-refractivity contribution in [3.05, 3.63) is 88.0 Å². The summed E-state index contributed by atoms with van der Waals surface area (Å²) < 4.78 is 1.81. The molecule has 0 saturated carbocycles. The second-order valence-electron chi connectivity index (χ2n) is 6.54. The molecule has 0 bridgehead atoms. The lowest BCUT2D eigenvalue weighted by molar-refractivity contribution is 0.884. The SMILES string of the molecule is Cc1ccc(-c2nn(-c3ccccc3)cc2/C=N\Nc2nnc(C)c(=O)[nH]2)cc1. The summed E-state index contributed by atoms with van der Waals surface area (Å²) >= 11 is 0. The summed E-state index contributed by atoms with van der Waals surface area (Å²) in [6, 6.07) is 18.0. The molecular formula is C21H19N7O. The molecule has 2 aromatic carbocycles. The second-order valence-corrected chi connectivity index (χ2v) is 6.54. The largest absolute Gasteiger partial charge is 0.288 e. The molecule has 2 aromatic heterocycles. The van der Waals surface area contributed by atoms with Crippen LogP contribution in [0.3, 0.4) is 0 Å². The molecule has 2 N–H and O–H groups in total. The van der Waals surface area contributed by atoms with Crippen molar-refractivity contribution in [1.82, 2.24) is 25.0 Å². The molecule has 0 unspecified atom stereocenters. The van der Waals surface area contributed by atoms with Crippen molar-refractivity contribution in [3.8, 4) is 16.9 Å². The second kappa shape index (κ2) is 7.89. The van der Waals surface area contributed by atoms with Crippen molar-refractivity contribution in [3.63, 3.8) is 0 Å². The minimum absolute atomic E-state index is 0.171. The monoisotopic (exact) mass is 385 g/mol. The Bertz CT molecular complexity index is 1210. The first kappa shape index (κ1) is 18.3. The molecule has 0 aliphatic rings. The predicted octanol–water partition coefficient (Wildman–Crippen LogP) is 3.08. The van der Waals surface area contributed by atoms with Gasteiger partial charge in [-0.2, -0.15) is 10.2 Å². The highest BCUT2D eigenvalue weighted by Crippen LogP contribution is 2.23. The molecule has 0 fully saturated rings. The minimum Gasteiger partial charge on any atom is -0.288 e. The predicted molar refractivity (Wildman–Crippen MR) is 112 cm³/mol. The van der Waals surface area contributed by atoms with Crippen LogP contribution < -0.4 is 11.0 Å². The van der Waals surface area contributed by atoms with E-state index in [9.17, 15) is 4.79 Å². The van der Waals surface area contributed by atoms with Crippen LogP contribution >= 0.6 is 0 Å². The Labute approximate surface area is 167 Å². The van der Waals surface area contributed by atoms with Crippen LogP contribution in [0.5, 0.6) is 0 Å². The quantitative estimate of drug-likeness (QED) is 0.406. The fraction of sp³-hybridized carbons (Fsp3) is 0.0952. The topological polar surface area (TPSA) is 101 Å². The highest BCUT2D eigenvalue weighted by Gasteiger charge is 2.11. The number of aromatic nitrogens is 5. The van der Waals surface area contributed by atoms with Gasteiger partial charge in [0.15, 0.2) is 0 Å². The lowest BCUT2D eigenvalue weighted by Crippen LogP contribution is -2.15. The van der Waals surface area contributed by atoms with Gasteiger partial charge in [0.1, 0.15) is 11.4 Å². The number of hydrogen-bond acceptors (Lipinski definition) is 6. The molecule has 8 nitrogen and oxygen atoms in total. The summed E-state index contributed by atoms with van der Waals surface area (Å²) in [6.45, 7) is 3.63. The van der Waals surface area contributed by atoms with Gasteiger partial charge in [-0.1, -0.05) is 48.0 Å². The molecule has 144 valence electrons. The Morgan fingerprint density at radius 1 is 1.03 bits per heavy atom. The molecule has 2 heterocycles. The molecule has 4 rings (SSSR count). The van der Waals surface area contributed by atoms with Gasteiger partial charge in [0.2, 0.25) is 5.95 Å².